The van der Waals surface area contributed by atoms with E-state index in [9.17, 15) is 8.42 Å². The van der Waals surface area contributed by atoms with Gasteiger partial charge in [0.05, 0.1) is 4.90 Å². The fourth-order valence-corrected chi connectivity index (χ4v) is 3.32. The molecule has 0 amide bonds. The van der Waals surface area contributed by atoms with Crippen molar-refractivity contribution in [3.05, 3.63) is 54.4 Å². The van der Waals surface area contributed by atoms with Gasteiger partial charge in [-0.05, 0) is 36.6 Å². The fraction of sp³-hybridized carbons (Fsp3) is 0.286. The summed E-state index contributed by atoms with van der Waals surface area (Å²) < 4.78 is 26.3. The summed E-state index contributed by atoms with van der Waals surface area (Å²) >= 11 is 0. The minimum absolute atomic E-state index is 0.325. The van der Waals surface area contributed by atoms with Gasteiger partial charge in [-0.15, -0.1) is 0 Å². The SMILES string of the molecule is CC(C)Cc1cccn1S(=O)(=O)c1ccccc1. The zero-order chi connectivity index (χ0) is 13.2. The van der Waals surface area contributed by atoms with Crippen molar-refractivity contribution < 1.29 is 8.42 Å². The third kappa shape index (κ3) is 2.48. The predicted molar refractivity (Wildman–Crippen MR) is 72.0 cm³/mol. The number of nitrogens with zero attached hydrogens (tertiary/aromatic N) is 1. The minimum Gasteiger partial charge on any atom is -0.246 e. The lowest BCUT2D eigenvalue weighted by Crippen LogP contribution is -2.15. The Bertz CT molecular complexity index is 612. The molecular weight excluding hydrogens is 246 g/mol. The molecule has 1 aromatic heterocycles. The maximum absolute atomic E-state index is 12.5. The topological polar surface area (TPSA) is 39.1 Å². The first-order chi connectivity index (χ1) is 8.51. The lowest BCUT2D eigenvalue weighted by Gasteiger charge is -2.11. The van der Waals surface area contributed by atoms with Crippen LogP contribution in [0, 0.1) is 5.92 Å². The second kappa shape index (κ2) is 4.98. The van der Waals surface area contributed by atoms with Crippen LogP contribution in [0.15, 0.2) is 53.6 Å². The van der Waals surface area contributed by atoms with E-state index in [0.29, 0.717) is 10.8 Å². The van der Waals surface area contributed by atoms with Crippen LogP contribution in [0.25, 0.3) is 0 Å². The van der Waals surface area contributed by atoms with Gasteiger partial charge in [-0.2, -0.15) is 0 Å². The molecule has 0 bridgehead atoms. The molecule has 2 aromatic rings. The van der Waals surface area contributed by atoms with Gasteiger partial charge in [0.15, 0.2) is 0 Å². The molecule has 0 N–H and O–H groups in total. The van der Waals surface area contributed by atoms with Gasteiger partial charge < -0.3 is 0 Å². The molecule has 0 radical (unpaired) electrons. The van der Waals surface area contributed by atoms with Crippen molar-refractivity contribution in [2.75, 3.05) is 0 Å². The molecule has 0 unspecified atom stereocenters. The molecule has 18 heavy (non-hydrogen) atoms. The summed E-state index contributed by atoms with van der Waals surface area (Å²) in [6, 6.07) is 12.2. The highest BCUT2D eigenvalue weighted by Gasteiger charge is 2.18. The Morgan fingerprint density at radius 1 is 1.06 bits per heavy atom. The third-order valence-corrected chi connectivity index (χ3v) is 4.45. The summed E-state index contributed by atoms with van der Waals surface area (Å²) in [6.07, 6.45) is 2.36. The largest absolute Gasteiger partial charge is 0.267 e. The van der Waals surface area contributed by atoms with E-state index >= 15 is 0 Å². The number of rotatable bonds is 4. The van der Waals surface area contributed by atoms with Crippen LogP contribution in [0.3, 0.4) is 0 Å². The second-order valence-electron chi connectivity index (χ2n) is 4.71. The van der Waals surface area contributed by atoms with Crippen LogP contribution in [-0.2, 0) is 16.4 Å². The lowest BCUT2D eigenvalue weighted by atomic mass is 10.1. The average Bonchev–Trinajstić information content (AvgIpc) is 2.78. The monoisotopic (exact) mass is 263 g/mol. The number of benzene rings is 1. The highest BCUT2D eigenvalue weighted by atomic mass is 32.2. The van der Waals surface area contributed by atoms with Gasteiger partial charge in [0.2, 0.25) is 0 Å². The Morgan fingerprint density at radius 3 is 2.33 bits per heavy atom. The van der Waals surface area contributed by atoms with Gasteiger partial charge in [0.25, 0.3) is 10.0 Å². The Balaban J connectivity index is 2.46. The van der Waals surface area contributed by atoms with E-state index < -0.39 is 10.0 Å². The smallest absolute Gasteiger partial charge is 0.246 e. The molecular formula is C14H17NO2S. The third-order valence-electron chi connectivity index (χ3n) is 2.71. The van der Waals surface area contributed by atoms with Crippen LogP contribution >= 0.6 is 0 Å². The fourth-order valence-electron chi connectivity index (χ4n) is 1.92. The Hall–Kier alpha value is -1.55. The molecule has 0 aliphatic rings. The molecule has 4 heteroatoms. The standard InChI is InChI=1S/C14H17NO2S/c1-12(2)11-13-7-6-10-15(13)18(16,17)14-8-4-3-5-9-14/h3-10,12H,11H2,1-2H3. The quantitative estimate of drug-likeness (QED) is 0.850. The number of hydrogen-bond donors (Lipinski definition) is 0. The van der Waals surface area contributed by atoms with E-state index in [1.165, 1.54) is 3.97 Å². The molecule has 1 aromatic carbocycles. The van der Waals surface area contributed by atoms with Crippen molar-refractivity contribution in [3.8, 4) is 0 Å². The maximum Gasteiger partial charge on any atom is 0.267 e. The van der Waals surface area contributed by atoms with Crippen LogP contribution in [-0.4, -0.2) is 12.4 Å². The average molecular weight is 263 g/mol. The van der Waals surface area contributed by atoms with E-state index in [2.05, 4.69) is 13.8 Å². The number of aromatic nitrogens is 1. The summed E-state index contributed by atoms with van der Waals surface area (Å²) in [5, 5.41) is 0. The molecule has 0 saturated carbocycles. The number of hydrogen-bond acceptors (Lipinski definition) is 2. The zero-order valence-electron chi connectivity index (χ0n) is 10.6. The summed E-state index contributed by atoms with van der Waals surface area (Å²) in [6.45, 7) is 4.15. The normalized spacial score (nSPS) is 11.9. The van der Waals surface area contributed by atoms with Crippen LogP contribution < -0.4 is 0 Å². The first kappa shape index (κ1) is 12.9. The van der Waals surface area contributed by atoms with Crippen molar-refractivity contribution in [1.29, 1.82) is 0 Å². The van der Waals surface area contributed by atoms with Gasteiger partial charge in [-0.25, -0.2) is 12.4 Å². The molecule has 1 heterocycles. The molecule has 2 rings (SSSR count). The van der Waals surface area contributed by atoms with Gasteiger partial charge in [0.1, 0.15) is 0 Å². The summed E-state index contributed by atoms with van der Waals surface area (Å²) in [5.74, 6) is 0.421. The summed E-state index contributed by atoms with van der Waals surface area (Å²) in [4.78, 5) is 0.325. The maximum atomic E-state index is 12.5. The van der Waals surface area contributed by atoms with Gasteiger partial charge in [-0.1, -0.05) is 32.0 Å². The van der Waals surface area contributed by atoms with Gasteiger partial charge in [0, 0.05) is 11.9 Å². The van der Waals surface area contributed by atoms with Crippen LogP contribution in [0.4, 0.5) is 0 Å². The zero-order valence-corrected chi connectivity index (χ0v) is 11.4. The van der Waals surface area contributed by atoms with E-state index in [4.69, 9.17) is 0 Å². The molecule has 0 fully saturated rings. The Labute approximate surface area is 108 Å². The van der Waals surface area contributed by atoms with Crippen molar-refractivity contribution in [2.45, 2.75) is 25.2 Å². The molecule has 96 valence electrons. The van der Waals surface area contributed by atoms with E-state index in [1.54, 1.807) is 36.5 Å². The van der Waals surface area contributed by atoms with E-state index in [1.807, 2.05) is 12.1 Å². The first-order valence-electron chi connectivity index (χ1n) is 5.98. The molecule has 3 nitrogen and oxygen atoms in total. The van der Waals surface area contributed by atoms with E-state index in [-0.39, 0.29) is 0 Å². The van der Waals surface area contributed by atoms with Crippen LogP contribution in [0.5, 0.6) is 0 Å². The molecule has 0 atom stereocenters. The van der Waals surface area contributed by atoms with E-state index in [0.717, 1.165) is 12.1 Å². The van der Waals surface area contributed by atoms with Crippen LogP contribution in [0.1, 0.15) is 19.5 Å². The first-order valence-corrected chi connectivity index (χ1v) is 7.42. The van der Waals surface area contributed by atoms with Crippen molar-refractivity contribution >= 4 is 10.0 Å². The highest BCUT2D eigenvalue weighted by Crippen LogP contribution is 2.18. The lowest BCUT2D eigenvalue weighted by molar-refractivity contribution is 0.578. The van der Waals surface area contributed by atoms with Gasteiger partial charge >= 0.3 is 0 Å². The summed E-state index contributed by atoms with van der Waals surface area (Å²) in [5.41, 5.74) is 0.828. The van der Waals surface area contributed by atoms with Crippen molar-refractivity contribution in [2.24, 2.45) is 5.92 Å². The Kier molecular flexibility index (Phi) is 3.57. The second-order valence-corrected chi connectivity index (χ2v) is 6.53. The minimum atomic E-state index is -3.46. The van der Waals surface area contributed by atoms with Gasteiger partial charge in [-0.3, -0.25) is 0 Å². The van der Waals surface area contributed by atoms with Crippen LogP contribution in [0.2, 0.25) is 0 Å². The summed E-state index contributed by atoms with van der Waals surface area (Å²) in [7, 11) is -3.46. The predicted octanol–water partition coefficient (Wildman–Crippen LogP) is 2.92. The molecule has 0 saturated heterocycles. The molecule has 0 aliphatic heterocycles. The van der Waals surface area contributed by atoms with Crippen molar-refractivity contribution in [3.63, 3.8) is 0 Å². The molecule has 0 aliphatic carbocycles. The highest BCUT2D eigenvalue weighted by molar-refractivity contribution is 7.90. The van der Waals surface area contributed by atoms with Crippen molar-refractivity contribution in [1.82, 2.24) is 3.97 Å². The molecule has 0 spiro atoms. The Morgan fingerprint density at radius 2 is 1.72 bits per heavy atom.